The first-order chi connectivity index (χ1) is 42.4. The summed E-state index contributed by atoms with van der Waals surface area (Å²) in [5.74, 6) is -4.91. The predicted molar refractivity (Wildman–Crippen MR) is 332 cm³/mol. The van der Waals surface area contributed by atoms with Crippen molar-refractivity contribution in [3.05, 3.63) is 189 Å². The number of nitrogens with zero attached hydrogens (tertiary/aromatic N) is 8. The second kappa shape index (κ2) is 28.2. The monoisotopic (exact) mass is 1220 g/mol. The zero-order valence-corrected chi connectivity index (χ0v) is 49.9. The first-order valence-electron chi connectivity index (χ1n) is 27.8. The number of para-hydroxylation sites is 2. The molecule has 2 aliphatic rings. The second-order valence-electron chi connectivity index (χ2n) is 21.1. The van der Waals surface area contributed by atoms with Crippen LogP contribution in [0.25, 0.3) is 22.5 Å². The molecule has 0 fully saturated rings. The number of rotatable bonds is 17. The molecule has 10 rings (SSSR count). The average Bonchev–Trinajstić information content (AvgIpc) is 0.834. The molecule has 5 amide bonds. The van der Waals surface area contributed by atoms with Crippen molar-refractivity contribution in [3.63, 3.8) is 0 Å². The molecule has 8 N–H and O–H groups in total. The van der Waals surface area contributed by atoms with E-state index in [1.807, 2.05) is 44.9 Å². The maximum atomic E-state index is 15.0. The maximum absolute atomic E-state index is 15.0. The summed E-state index contributed by atoms with van der Waals surface area (Å²) in [5.41, 5.74) is 11.2. The Morgan fingerprint density at radius 1 is 0.562 bits per heavy atom. The number of halogens is 4. The number of carboxylic acid groups (broad SMARTS) is 1. The number of amides is 5. The number of fused-ring (bicyclic) bond motifs is 2. The number of nitrogens with one attached hydrogen (secondary N) is 5. The molecule has 0 radical (unpaired) electrons. The number of ketones is 2. The van der Waals surface area contributed by atoms with Crippen molar-refractivity contribution in [2.24, 2.45) is 0 Å². The van der Waals surface area contributed by atoms with E-state index in [1.54, 1.807) is 79.7 Å². The Morgan fingerprint density at radius 2 is 0.944 bits per heavy atom. The van der Waals surface area contributed by atoms with E-state index >= 15 is 0 Å². The van der Waals surface area contributed by atoms with Crippen molar-refractivity contribution in [1.82, 2.24) is 40.4 Å². The number of benzene rings is 6. The number of anilines is 8. The van der Waals surface area contributed by atoms with E-state index in [0.29, 0.717) is 87.9 Å². The van der Waals surface area contributed by atoms with Crippen LogP contribution in [-0.4, -0.2) is 125 Å². The second-order valence-corrected chi connectivity index (χ2v) is 21.1. The Kier molecular flexibility index (Phi) is 20.4. The SMILES string of the molecule is CC(=O)c1ccc(N)cc1.CC(=O)c1ccc(NC(=O)c2ccc(C)c(-c3nc(NCCN(C)C)nc4c3CNC(=O)N4c3c(F)cccc3F)c2)cc1.Cc1ccc(C(=O)O)cc1-c1nc(NCCN(C)C)nc2c1CNC(=O)N2c1c(F)cccc1F. The van der Waals surface area contributed by atoms with Crippen LogP contribution in [-0.2, 0) is 13.1 Å². The van der Waals surface area contributed by atoms with Gasteiger partial charge in [0.25, 0.3) is 5.91 Å². The Labute approximate surface area is 510 Å². The fraction of sp³-hybridized carbons (Fsp3) is 0.219. The number of carboxylic acids is 1. The van der Waals surface area contributed by atoms with Gasteiger partial charge in [0.1, 0.15) is 34.6 Å². The van der Waals surface area contributed by atoms with Gasteiger partial charge >= 0.3 is 18.0 Å². The summed E-state index contributed by atoms with van der Waals surface area (Å²) in [4.78, 5) is 97.1. The van der Waals surface area contributed by atoms with Gasteiger partial charge in [0.15, 0.2) is 23.2 Å². The summed E-state index contributed by atoms with van der Waals surface area (Å²) < 4.78 is 59.4. The highest BCUT2D eigenvalue weighted by Crippen LogP contribution is 2.41. The van der Waals surface area contributed by atoms with E-state index in [1.165, 1.54) is 38.1 Å². The van der Waals surface area contributed by atoms with E-state index in [0.717, 1.165) is 45.2 Å². The summed E-state index contributed by atoms with van der Waals surface area (Å²) in [5, 5.41) is 23.8. The normalized spacial score (nSPS) is 12.3. The number of nitrogen functional groups attached to an aromatic ring is 1. The quantitative estimate of drug-likeness (QED) is 0.0254. The minimum Gasteiger partial charge on any atom is -0.478 e. The average molecular weight is 1220 g/mol. The van der Waals surface area contributed by atoms with Crippen LogP contribution in [0.2, 0.25) is 0 Å². The van der Waals surface area contributed by atoms with E-state index in [9.17, 15) is 51.4 Å². The third-order valence-electron chi connectivity index (χ3n) is 14.0. The number of aromatic carboxylic acids is 1. The summed E-state index contributed by atoms with van der Waals surface area (Å²) >= 11 is 0. The topological polar surface area (TPSA) is 273 Å². The van der Waals surface area contributed by atoms with Crippen LogP contribution in [0.3, 0.4) is 0 Å². The Morgan fingerprint density at radius 3 is 1.34 bits per heavy atom. The number of carbonyl (C=O) groups is 6. The summed E-state index contributed by atoms with van der Waals surface area (Å²) in [6.45, 7) is 8.83. The molecule has 460 valence electrons. The third kappa shape index (κ3) is 15.3. The fourth-order valence-electron chi connectivity index (χ4n) is 9.26. The van der Waals surface area contributed by atoms with Crippen LogP contribution in [0.15, 0.2) is 121 Å². The first-order valence-corrected chi connectivity index (χ1v) is 27.8. The lowest BCUT2D eigenvalue weighted by molar-refractivity contribution is 0.0696. The number of hydrogen-bond donors (Lipinski definition) is 7. The Balaban J connectivity index is 0.000000202. The van der Waals surface area contributed by atoms with Gasteiger partial charge < -0.3 is 47.2 Å². The van der Waals surface area contributed by atoms with Crippen LogP contribution in [0.5, 0.6) is 0 Å². The molecule has 4 heterocycles. The van der Waals surface area contributed by atoms with Crippen molar-refractivity contribution in [1.29, 1.82) is 0 Å². The molecule has 8 aromatic rings. The van der Waals surface area contributed by atoms with Gasteiger partial charge in [0.05, 0.1) is 30.0 Å². The van der Waals surface area contributed by atoms with Crippen LogP contribution >= 0.6 is 0 Å². The number of carbonyl (C=O) groups excluding carboxylic acids is 5. The van der Waals surface area contributed by atoms with Gasteiger partial charge in [-0.15, -0.1) is 0 Å². The number of aryl methyl sites for hydroxylation is 2. The van der Waals surface area contributed by atoms with Crippen LogP contribution < -0.4 is 42.1 Å². The summed E-state index contributed by atoms with van der Waals surface area (Å²) in [7, 11) is 7.61. The van der Waals surface area contributed by atoms with Crippen LogP contribution in [0.4, 0.5) is 73.4 Å². The molecule has 0 spiro atoms. The van der Waals surface area contributed by atoms with Crippen LogP contribution in [0, 0.1) is 37.1 Å². The molecule has 0 atom stereocenters. The molecule has 2 aromatic heterocycles. The van der Waals surface area contributed by atoms with Crippen molar-refractivity contribution in [3.8, 4) is 22.5 Å². The van der Waals surface area contributed by atoms with Gasteiger partial charge in [-0.25, -0.2) is 51.7 Å². The molecule has 0 saturated heterocycles. The zero-order chi connectivity index (χ0) is 64.4. The van der Waals surface area contributed by atoms with Crippen molar-refractivity contribution >= 4 is 81.8 Å². The van der Waals surface area contributed by atoms with E-state index in [2.05, 4.69) is 41.5 Å². The lowest BCUT2D eigenvalue weighted by Crippen LogP contribution is -2.43. The number of likely N-dealkylation sites (N-methyl/N-ethyl adjacent to an activating group) is 2. The molecule has 0 aliphatic carbocycles. The largest absolute Gasteiger partial charge is 0.478 e. The van der Waals surface area contributed by atoms with Gasteiger partial charge in [0.2, 0.25) is 11.9 Å². The number of urea groups is 2. The third-order valence-corrected chi connectivity index (χ3v) is 14.0. The molecule has 0 unspecified atom stereocenters. The molecule has 6 aromatic carbocycles. The molecule has 2 aliphatic heterocycles. The van der Waals surface area contributed by atoms with Gasteiger partial charge in [0, 0.05) is 76.5 Å². The molecule has 21 nitrogen and oxygen atoms in total. The van der Waals surface area contributed by atoms with Crippen molar-refractivity contribution in [2.45, 2.75) is 40.8 Å². The highest BCUT2D eigenvalue weighted by atomic mass is 19.1. The molecule has 0 saturated carbocycles. The summed E-state index contributed by atoms with van der Waals surface area (Å²) in [6, 6.07) is 28.3. The maximum Gasteiger partial charge on any atom is 0.335 e. The number of Topliss-reactive ketones (excluding diaryl/α,β-unsaturated/α-hetero) is 2. The smallest absolute Gasteiger partial charge is 0.335 e. The standard InChI is InChI=1S/C32H31F2N7O3.C24H24F2N6O3.C8H9NO/c1-18-8-9-21(30(43)37-22-12-10-20(11-13-22)19(2)42)16-23(18)27-24-17-36-32(44)41(28-25(33)6-5-7-26(28)34)29(24)39-31(38-27)35-14-15-40(3)4;1-13-7-8-14(22(33)34)11-15(13)19-16-12-28-24(35)32(20-17(25)5-4-6-18(20)26)21(16)30-23(29-19)27-9-10-31(2)3;1-6(10)7-2-4-8(9)5-3-7/h5-13,16H,14-15,17H2,1-4H3,(H,36,44)(H,37,43)(H,35,38,39);4-8,11H,9-10,12H2,1-3H3,(H,28,35)(H,33,34)(H,27,29,30);2-5H,9H2,1H3. The minimum absolute atomic E-state index is 0.00753. The highest BCUT2D eigenvalue weighted by Gasteiger charge is 2.36. The molecule has 25 heteroatoms. The zero-order valence-electron chi connectivity index (χ0n) is 49.9. The minimum atomic E-state index is -1.11. The highest BCUT2D eigenvalue weighted by molar-refractivity contribution is 6.07. The molecule has 0 bridgehead atoms. The van der Waals surface area contributed by atoms with Gasteiger partial charge in [-0.1, -0.05) is 24.3 Å². The number of nitrogens with two attached hydrogens (primary N) is 1. The van der Waals surface area contributed by atoms with Crippen molar-refractivity contribution < 1.29 is 51.4 Å². The molecule has 89 heavy (non-hydrogen) atoms. The molecular weight excluding hydrogens is 1150 g/mol. The summed E-state index contributed by atoms with van der Waals surface area (Å²) in [6.07, 6.45) is 0. The van der Waals surface area contributed by atoms with Gasteiger partial charge in [-0.05, 0) is 164 Å². The Hall–Kier alpha value is -10.7. The van der Waals surface area contributed by atoms with Gasteiger partial charge in [-0.3, -0.25) is 14.4 Å². The molecular formula is C64H64F4N14O7. The van der Waals surface area contributed by atoms with E-state index in [4.69, 9.17) is 10.7 Å². The van der Waals surface area contributed by atoms with E-state index < -0.39 is 58.6 Å². The van der Waals surface area contributed by atoms with E-state index in [-0.39, 0.29) is 53.8 Å². The Bertz CT molecular complexity index is 3980. The van der Waals surface area contributed by atoms with Crippen molar-refractivity contribution in [2.75, 3.05) is 85.9 Å². The fourth-order valence-corrected chi connectivity index (χ4v) is 9.26. The lowest BCUT2D eigenvalue weighted by atomic mass is 9.97. The van der Waals surface area contributed by atoms with Gasteiger partial charge in [-0.2, -0.15) is 9.97 Å². The number of hydrogen-bond acceptors (Lipinski definition) is 15. The number of aromatic nitrogens is 4. The van der Waals surface area contributed by atoms with Crippen LogP contribution in [0.1, 0.15) is 77.5 Å². The lowest BCUT2D eigenvalue weighted by Gasteiger charge is -2.31. The first kappa shape index (κ1) is 64.3. The predicted octanol–water partition coefficient (Wildman–Crippen LogP) is 10.8.